The summed E-state index contributed by atoms with van der Waals surface area (Å²) in [6.07, 6.45) is 0. The van der Waals surface area contributed by atoms with Crippen molar-refractivity contribution < 1.29 is 4.92 Å². The smallest absolute Gasteiger partial charge is 0.271 e. The first-order valence-electron chi connectivity index (χ1n) is 6.45. The van der Waals surface area contributed by atoms with Crippen LogP contribution >= 0.6 is 11.3 Å². The van der Waals surface area contributed by atoms with Crippen molar-refractivity contribution in [1.82, 2.24) is 4.98 Å². The van der Waals surface area contributed by atoms with E-state index in [4.69, 9.17) is 5.73 Å². The molecule has 0 aliphatic heterocycles. The number of benzene rings is 2. The van der Waals surface area contributed by atoms with Crippen LogP contribution in [0.2, 0.25) is 0 Å². The fourth-order valence-electron chi connectivity index (χ4n) is 1.94. The molecule has 6 nitrogen and oxygen atoms in total. The van der Waals surface area contributed by atoms with E-state index in [0.29, 0.717) is 16.5 Å². The van der Waals surface area contributed by atoms with Gasteiger partial charge in [0.2, 0.25) is 0 Å². The standard InChI is InChI=1S/C15H12N4O2S/c16-11-6-4-10(5-7-11)14-9-22-15(18-14)17-12-2-1-3-13(8-12)19(20)21/h1-9H,16H2,(H,17,18). The molecule has 0 saturated heterocycles. The number of non-ortho nitro benzene ring substituents is 1. The van der Waals surface area contributed by atoms with Gasteiger partial charge in [-0.1, -0.05) is 18.2 Å². The Morgan fingerprint density at radius 3 is 2.68 bits per heavy atom. The van der Waals surface area contributed by atoms with Gasteiger partial charge < -0.3 is 11.1 Å². The monoisotopic (exact) mass is 312 g/mol. The average Bonchev–Trinajstić information content (AvgIpc) is 2.96. The summed E-state index contributed by atoms with van der Waals surface area (Å²) in [7, 11) is 0. The number of nitro groups is 1. The van der Waals surface area contributed by atoms with E-state index in [9.17, 15) is 10.1 Å². The molecule has 3 aromatic rings. The highest BCUT2D eigenvalue weighted by atomic mass is 32.1. The van der Waals surface area contributed by atoms with E-state index in [1.165, 1.54) is 23.5 Å². The summed E-state index contributed by atoms with van der Waals surface area (Å²) in [5.74, 6) is 0. The normalized spacial score (nSPS) is 10.4. The molecule has 0 atom stereocenters. The van der Waals surface area contributed by atoms with Crippen LogP contribution < -0.4 is 11.1 Å². The fraction of sp³-hybridized carbons (Fsp3) is 0. The lowest BCUT2D eigenvalue weighted by molar-refractivity contribution is -0.384. The maximum absolute atomic E-state index is 10.8. The zero-order chi connectivity index (χ0) is 15.5. The van der Waals surface area contributed by atoms with Crippen LogP contribution in [0.4, 0.5) is 22.2 Å². The zero-order valence-corrected chi connectivity index (χ0v) is 12.2. The summed E-state index contributed by atoms with van der Waals surface area (Å²) >= 11 is 1.43. The largest absolute Gasteiger partial charge is 0.399 e. The first-order chi connectivity index (χ1) is 10.6. The van der Waals surface area contributed by atoms with Crippen molar-refractivity contribution >= 4 is 33.5 Å². The molecule has 1 heterocycles. The Morgan fingerprint density at radius 2 is 1.95 bits per heavy atom. The number of aromatic nitrogens is 1. The molecule has 0 spiro atoms. The van der Waals surface area contributed by atoms with Crippen molar-refractivity contribution in [2.24, 2.45) is 0 Å². The molecule has 3 rings (SSSR count). The summed E-state index contributed by atoms with van der Waals surface area (Å²) in [5.41, 5.74) is 8.84. The number of hydrogen-bond donors (Lipinski definition) is 2. The summed E-state index contributed by atoms with van der Waals surface area (Å²) < 4.78 is 0. The predicted molar refractivity (Wildman–Crippen MR) is 88.3 cm³/mol. The topological polar surface area (TPSA) is 94.1 Å². The van der Waals surface area contributed by atoms with Crippen molar-refractivity contribution in [3.05, 3.63) is 64.0 Å². The third kappa shape index (κ3) is 3.04. The van der Waals surface area contributed by atoms with Gasteiger partial charge in [0, 0.05) is 34.5 Å². The Bertz CT molecular complexity index is 814. The number of hydrogen-bond acceptors (Lipinski definition) is 6. The Balaban J connectivity index is 1.81. The lowest BCUT2D eigenvalue weighted by Gasteiger charge is -2.02. The van der Waals surface area contributed by atoms with Crippen molar-refractivity contribution in [2.75, 3.05) is 11.1 Å². The summed E-state index contributed by atoms with van der Waals surface area (Å²) in [6, 6.07) is 13.8. The lowest BCUT2D eigenvalue weighted by Crippen LogP contribution is -1.92. The molecule has 2 aromatic carbocycles. The van der Waals surface area contributed by atoms with E-state index in [1.807, 2.05) is 29.6 Å². The van der Waals surface area contributed by atoms with Gasteiger partial charge in [0.25, 0.3) is 5.69 Å². The molecule has 110 valence electrons. The van der Waals surface area contributed by atoms with Crippen LogP contribution in [0, 0.1) is 10.1 Å². The minimum Gasteiger partial charge on any atom is -0.399 e. The molecule has 0 saturated carbocycles. The number of nitrogens with zero attached hydrogens (tertiary/aromatic N) is 2. The number of nitro benzene ring substituents is 1. The van der Waals surface area contributed by atoms with Crippen LogP contribution in [-0.2, 0) is 0 Å². The summed E-state index contributed by atoms with van der Waals surface area (Å²) in [4.78, 5) is 14.8. The molecular formula is C15H12N4O2S. The second kappa shape index (κ2) is 5.82. The summed E-state index contributed by atoms with van der Waals surface area (Å²) in [6.45, 7) is 0. The van der Waals surface area contributed by atoms with E-state index in [1.54, 1.807) is 12.1 Å². The quantitative estimate of drug-likeness (QED) is 0.430. The molecule has 0 radical (unpaired) electrons. The average molecular weight is 312 g/mol. The van der Waals surface area contributed by atoms with Gasteiger partial charge in [-0.05, 0) is 18.2 Å². The third-order valence-corrected chi connectivity index (χ3v) is 3.78. The second-order valence-corrected chi connectivity index (χ2v) is 5.45. The number of nitrogen functional groups attached to an aromatic ring is 1. The first kappa shape index (κ1) is 14.0. The molecule has 0 aliphatic carbocycles. The molecule has 7 heteroatoms. The van der Waals surface area contributed by atoms with E-state index >= 15 is 0 Å². The van der Waals surface area contributed by atoms with Gasteiger partial charge in [-0.25, -0.2) is 4.98 Å². The van der Waals surface area contributed by atoms with Crippen molar-refractivity contribution in [2.45, 2.75) is 0 Å². The molecule has 0 fully saturated rings. The van der Waals surface area contributed by atoms with E-state index in [-0.39, 0.29) is 5.69 Å². The van der Waals surface area contributed by atoms with Crippen LogP contribution in [-0.4, -0.2) is 9.91 Å². The van der Waals surface area contributed by atoms with Gasteiger partial charge in [-0.3, -0.25) is 10.1 Å². The zero-order valence-electron chi connectivity index (χ0n) is 11.4. The fourth-order valence-corrected chi connectivity index (χ4v) is 2.68. The van der Waals surface area contributed by atoms with Gasteiger partial charge in [0.05, 0.1) is 10.6 Å². The van der Waals surface area contributed by atoms with Crippen molar-refractivity contribution in [3.63, 3.8) is 0 Å². The number of nitrogens with one attached hydrogen (secondary N) is 1. The number of nitrogens with two attached hydrogens (primary N) is 1. The van der Waals surface area contributed by atoms with Crippen LogP contribution in [0.1, 0.15) is 0 Å². The molecular weight excluding hydrogens is 300 g/mol. The van der Waals surface area contributed by atoms with Crippen LogP contribution in [0.5, 0.6) is 0 Å². The van der Waals surface area contributed by atoms with Gasteiger partial charge in [0.15, 0.2) is 5.13 Å². The van der Waals surface area contributed by atoms with Gasteiger partial charge in [-0.2, -0.15) is 0 Å². The van der Waals surface area contributed by atoms with Crippen LogP contribution in [0.25, 0.3) is 11.3 Å². The Labute approximate surface area is 130 Å². The van der Waals surface area contributed by atoms with Gasteiger partial charge in [0.1, 0.15) is 0 Å². The van der Waals surface area contributed by atoms with Gasteiger partial charge >= 0.3 is 0 Å². The number of thiazole rings is 1. The lowest BCUT2D eigenvalue weighted by atomic mass is 10.1. The Morgan fingerprint density at radius 1 is 1.18 bits per heavy atom. The van der Waals surface area contributed by atoms with Crippen LogP contribution in [0.3, 0.4) is 0 Å². The maximum Gasteiger partial charge on any atom is 0.271 e. The molecule has 0 amide bonds. The van der Waals surface area contributed by atoms with Crippen LogP contribution in [0.15, 0.2) is 53.9 Å². The first-order valence-corrected chi connectivity index (χ1v) is 7.33. The second-order valence-electron chi connectivity index (χ2n) is 4.59. The van der Waals surface area contributed by atoms with E-state index in [2.05, 4.69) is 10.3 Å². The van der Waals surface area contributed by atoms with E-state index in [0.717, 1.165) is 11.3 Å². The van der Waals surface area contributed by atoms with Crippen molar-refractivity contribution in [1.29, 1.82) is 0 Å². The maximum atomic E-state index is 10.8. The van der Waals surface area contributed by atoms with E-state index < -0.39 is 4.92 Å². The molecule has 0 bridgehead atoms. The minimum atomic E-state index is -0.424. The molecule has 0 aliphatic rings. The number of rotatable bonds is 4. The Kier molecular flexibility index (Phi) is 3.71. The highest BCUT2D eigenvalue weighted by Gasteiger charge is 2.08. The SMILES string of the molecule is Nc1ccc(-c2csc(Nc3cccc([N+](=O)[O-])c3)n2)cc1. The minimum absolute atomic E-state index is 0.0420. The highest BCUT2D eigenvalue weighted by Crippen LogP contribution is 2.28. The molecule has 22 heavy (non-hydrogen) atoms. The van der Waals surface area contributed by atoms with Gasteiger partial charge in [-0.15, -0.1) is 11.3 Å². The third-order valence-electron chi connectivity index (χ3n) is 3.02. The highest BCUT2D eigenvalue weighted by molar-refractivity contribution is 7.14. The number of anilines is 3. The summed E-state index contributed by atoms with van der Waals surface area (Å²) in [5, 5.41) is 16.5. The van der Waals surface area contributed by atoms with Crippen molar-refractivity contribution in [3.8, 4) is 11.3 Å². The molecule has 1 aromatic heterocycles. The molecule has 3 N–H and O–H groups in total. The Hall–Kier alpha value is -2.93. The molecule has 0 unspecified atom stereocenters. The predicted octanol–water partition coefficient (Wildman–Crippen LogP) is 4.04.